The monoisotopic (exact) mass is 577 g/mol. The first-order valence-electron chi connectivity index (χ1n) is 14.6. The summed E-state index contributed by atoms with van der Waals surface area (Å²) in [4.78, 5) is 49.8. The van der Waals surface area contributed by atoms with Crippen LogP contribution in [0.2, 0.25) is 0 Å². The molecule has 0 spiro atoms. The molecule has 3 amide bonds. The number of rotatable bonds is 17. The quantitative estimate of drug-likeness (QED) is 0.163. The number of carbonyl (C=O) groups is 4. The highest BCUT2D eigenvalue weighted by Gasteiger charge is 2.30. The highest BCUT2D eigenvalue weighted by molar-refractivity contribution is 5.88. The van der Waals surface area contributed by atoms with Crippen LogP contribution in [0.5, 0.6) is 0 Å². The Morgan fingerprint density at radius 3 is 2.39 bits per heavy atom. The van der Waals surface area contributed by atoms with Gasteiger partial charge in [-0.25, -0.2) is 4.79 Å². The topological polar surface area (TPSA) is 152 Å². The van der Waals surface area contributed by atoms with E-state index in [1.165, 1.54) is 13.5 Å². The fourth-order valence-corrected chi connectivity index (χ4v) is 4.85. The maximum atomic E-state index is 12.9. The molecule has 11 heteroatoms. The summed E-state index contributed by atoms with van der Waals surface area (Å²) in [5.41, 5.74) is 1.01. The summed E-state index contributed by atoms with van der Waals surface area (Å²) in [5.74, 6) is -1.23. The number of nitrogens with one attached hydrogen (secondary N) is 3. The number of carbonyl (C=O) groups excluding carboxylic acids is 4. The molecular weight excluding hydrogens is 530 g/mol. The van der Waals surface area contributed by atoms with Crippen LogP contribution in [0.15, 0.2) is 30.3 Å². The van der Waals surface area contributed by atoms with Gasteiger partial charge in [-0.3, -0.25) is 14.4 Å². The molecule has 11 nitrogen and oxygen atoms in total. The summed E-state index contributed by atoms with van der Waals surface area (Å²) in [6.45, 7) is 4.34. The van der Waals surface area contributed by atoms with Crippen molar-refractivity contribution in [3.05, 3.63) is 35.9 Å². The molecule has 1 aromatic carbocycles. The highest BCUT2D eigenvalue weighted by atomic mass is 16.6. The number of methoxy groups -OCH3 is 1. The van der Waals surface area contributed by atoms with Crippen molar-refractivity contribution in [1.29, 1.82) is 0 Å². The normalized spacial score (nSPS) is 15.8. The maximum absolute atomic E-state index is 12.9. The molecule has 41 heavy (non-hydrogen) atoms. The van der Waals surface area contributed by atoms with Gasteiger partial charge < -0.3 is 35.3 Å². The Balaban J connectivity index is 1.93. The Hall–Kier alpha value is -3.18. The molecular formula is C30H47N3O8. The first-order chi connectivity index (χ1) is 19.7. The molecule has 0 aliphatic heterocycles. The number of amides is 3. The average molecular weight is 578 g/mol. The van der Waals surface area contributed by atoms with Gasteiger partial charge in [0, 0.05) is 13.0 Å². The minimum atomic E-state index is -1.19. The zero-order chi connectivity index (χ0) is 30.0. The third-order valence-electron chi connectivity index (χ3n) is 6.99. The first kappa shape index (κ1) is 34.0. The lowest BCUT2D eigenvalue weighted by molar-refractivity contribution is -0.141. The van der Waals surface area contributed by atoms with Crippen molar-refractivity contribution in [2.75, 3.05) is 20.3 Å². The fraction of sp³-hybridized carbons (Fsp3) is 0.667. The zero-order valence-electron chi connectivity index (χ0n) is 24.6. The van der Waals surface area contributed by atoms with Gasteiger partial charge in [0.1, 0.15) is 6.04 Å². The van der Waals surface area contributed by atoms with Gasteiger partial charge >= 0.3 is 12.1 Å². The molecule has 1 aliphatic rings. The third-order valence-corrected chi connectivity index (χ3v) is 6.99. The predicted molar refractivity (Wildman–Crippen MR) is 153 cm³/mol. The molecule has 0 saturated heterocycles. The van der Waals surface area contributed by atoms with Crippen LogP contribution in [-0.4, -0.2) is 73.5 Å². The van der Waals surface area contributed by atoms with Crippen LogP contribution in [-0.2, 0) is 35.2 Å². The molecule has 0 unspecified atom stereocenters. The van der Waals surface area contributed by atoms with E-state index in [2.05, 4.69) is 20.7 Å². The summed E-state index contributed by atoms with van der Waals surface area (Å²) in [6.07, 6.45) is 3.34. The van der Waals surface area contributed by atoms with Gasteiger partial charge in [0.25, 0.3) is 0 Å². The van der Waals surface area contributed by atoms with Crippen molar-refractivity contribution in [3.63, 3.8) is 0 Å². The number of alkyl carbamates (subject to hydrolysis) is 1. The van der Waals surface area contributed by atoms with Crippen LogP contribution < -0.4 is 16.0 Å². The van der Waals surface area contributed by atoms with Crippen LogP contribution >= 0.6 is 0 Å². The number of hydrogen-bond acceptors (Lipinski definition) is 8. The summed E-state index contributed by atoms with van der Waals surface area (Å²) >= 11 is 0. The van der Waals surface area contributed by atoms with E-state index in [1.54, 1.807) is 13.8 Å². The fourth-order valence-electron chi connectivity index (χ4n) is 4.85. The van der Waals surface area contributed by atoms with Crippen molar-refractivity contribution >= 4 is 23.9 Å². The van der Waals surface area contributed by atoms with Gasteiger partial charge in [0.05, 0.1) is 45.0 Å². The van der Waals surface area contributed by atoms with Crippen LogP contribution in [0.3, 0.4) is 0 Å². The Bertz CT molecular complexity index is 937. The van der Waals surface area contributed by atoms with Gasteiger partial charge in [-0.05, 0) is 38.2 Å². The third kappa shape index (κ3) is 14.3. The molecule has 230 valence electrons. The Labute approximate surface area is 243 Å². The second kappa shape index (κ2) is 19.0. The number of ether oxygens (including phenoxy) is 3. The van der Waals surface area contributed by atoms with Gasteiger partial charge in [-0.1, -0.05) is 62.4 Å². The Kier molecular flexibility index (Phi) is 15.8. The van der Waals surface area contributed by atoms with Gasteiger partial charge in [0.15, 0.2) is 0 Å². The van der Waals surface area contributed by atoms with Crippen molar-refractivity contribution < 1.29 is 38.5 Å². The molecule has 2 rings (SSSR count). The van der Waals surface area contributed by atoms with E-state index in [1.807, 2.05) is 30.3 Å². The van der Waals surface area contributed by atoms with Crippen molar-refractivity contribution in [2.45, 2.75) is 103 Å². The van der Waals surface area contributed by atoms with Crippen LogP contribution in [0.25, 0.3) is 0 Å². The summed E-state index contributed by atoms with van der Waals surface area (Å²) in [7, 11) is 1.25. The van der Waals surface area contributed by atoms with E-state index in [0.29, 0.717) is 18.9 Å². The van der Waals surface area contributed by atoms with E-state index in [9.17, 15) is 24.3 Å². The lowest BCUT2D eigenvalue weighted by Crippen LogP contribution is -2.50. The van der Waals surface area contributed by atoms with Gasteiger partial charge in [-0.2, -0.15) is 0 Å². The number of aliphatic hydroxyl groups is 1. The average Bonchev–Trinajstić information content (AvgIpc) is 2.95. The van der Waals surface area contributed by atoms with E-state index < -0.39 is 42.1 Å². The highest BCUT2D eigenvalue weighted by Crippen LogP contribution is 2.28. The number of aliphatic hydroxyl groups excluding tert-OH is 1. The minimum Gasteiger partial charge on any atom is -0.469 e. The van der Waals surface area contributed by atoms with E-state index in [0.717, 1.165) is 31.2 Å². The standard InChI is InChI=1S/C30H47N3O8/c1-21(2)41-30(38)33-25(18-22-10-6-4-7-11-22)26(34)19-27(35)32-24(14-15-28(36)39-3)29(37)31-16-17-40-20-23-12-8-5-9-13-23/h5,8-9,12-13,21-22,24-26,34H,4,6-7,10-11,14-20H2,1-3H3,(H,31,37)(H,32,35)(H,33,38)/t24-,25-,26-/m0/s1. The molecule has 1 aliphatic carbocycles. The molecule has 1 aromatic rings. The predicted octanol–water partition coefficient (Wildman–Crippen LogP) is 2.98. The molecule has 4 N–H and O–H groups in total. The SMILES string of the molecule is COC(=O)CC[C@H](NC(=O)C[C@H](O)[C@H](CC1CCCCC1)NC(=O)OC(C)C)C(=O)NCCOCc1ccccc1. The molecule has 3 atom stereocenters. The van der Waals surface area contributed by atoms with E-state index in [-0.39, 0.29) is 38.5 Å². The molecule has 1 saturated carbocycles. The summed E-state index contributed by atoms with van der Waals surface area (Å²) < 4.78 is 15.5. The summed E-state index contributed by atoms with van der Waals surface area (Å²) in [6, 6.07) is 7.93. The number of esters is 1. The number of benzene rings is 1. The van der Waals surface area contributed by atoms with Crippen molar-refractivity contribution in [2.24, 2.45) is 5.92 Å². The lowest BCUT2D eigenvalue weighted by Gasteiger charge is -2.30. The molecule has 0 radical (unpaired) electrons. The van der Waals surface area contributed by atoms with Crippen LogP contribution in [0, 0.1) is 5.92 Å². The second-order valence-corrected chi connectivity index (χ2v) is 10.8. The molecule has 0 bridgehead atoms. The summed E-state index contributed by atoms with van der Waals surface area (Å²) in [5, 5.41) is 19.1. The minimum absolute atomic E-state index is 0.0235. The molecule has 0 heterocycles. The largest absolute Gasteiger partial charge is 0.469 e. The van der Waals surface area contributed by atoms with E-state index in [4.69, 9.17) is 9.47 Å². The molecule has 0 aromatic heterocycles. The van der Waals surface area contributed by atoms with Crippen LogP contribution in [0.1, 0.15) is 77.2 Å². The van der Waals surface area contributed by atoms with Gasteiger partial charge in [-0.15, -0.1) is 0 Å². The molecule has 1 fully saturated rings. The maximum Gasteiger partial charge on any atom is 0.407 e. The first-order valence-corrected chi connectivity index (χ1v) is 14.6. The smallest absolute Gasteiger partial charge is 0.407 e. The van der Waals surface area contributed by atoms with Crippen molar-refractivity contribution in [3.8, 4) is 0 Å². The lowest BCUT2D eigenvalue weighted by atomic mass is 9.83. The van der Waals surface area contributed by atoms with Crippen molar-refractivity contribution in [1.82, 2.24) is 16.0 Å². The van der Waals surface area contributed by atoms with Gasteiger partial charge in [0.2, 0.25) is 11.8 Å². The van der Waals surface area contributed by atoms with E-state index >= 15 is 0 Å². The Morgan fingerprint density at radius 2 is 1.73 bits per heavy atom. The number of hydrogen-bond donors (Lipinski definition) is 4. The van der Waals surface area contributed by atoms with Crippen LogP contribution in [0.4, 0.5) is 4.79 Å². The Morgan fingerprint density at radius 1 is 1.02 bits per heavy atom. The second-order valence-electron chi connectivity index (χ2n) is 10.8. The zero-order valence-corrected chi connectivity index (χ0v) is 24.6.